The molecule has 1 amide bonds. The molecule has 1 N–H and O–H groups in total. The lowest BCUT2D eigenvalue weighted by atomic mass is 9.96. The molecule has 3 rings (SSSR count). The maximum atomic E-state index is 12.5. The Bertz CT molecular complexity index is 932. The van der Waals surface area contributed by atoms with Gasteiger partial charge in [-0.2, -0.15) is 0 Å². The molecule has 24 heavy (non-hydrogen) atoms. The van der Waals surface area contributed by atoms with Gasteiger partial charge >= 0.3 is 5.69 Å². The molecule has 8 heteroatoms. The first-order valence-electron chi connectivity index (χ1n) is 7.35. The molecule has 126 valence electrons. The van der Waals surface area contributed by atoms with E-state index >= 15 is 0 Å². The number of fused-ring (bicyclic) bond motifs is 1. The number of nitrogens with zero attached hydrogens (tertiary/aromatic N) is 2. The molecule has 1 atom stereocenters. The zero-order valence-electron chi connectivity index (χ0n) is 13.2. The lowest BCUT2D eigenvalue weighted by Crippen LogP contribution is -2.40. The second-order valence-electron chi connectivity index (χ2n) is 5.75. The summed E-state index contributed by atoms with van der Waals surface area (Å²) in [7, 11) is 2.88. The van der Waals surface area contributed by atoms with Gasteiger partial charge in [-0.1, -0.05) is 11.6 Å². The highest BCUT2D eigenvalue weighted by molar-refractivity contribution is 6.30. The summed E-state index contributed by atoms with van der Waals surface area (Å²) in [6.07, 6.45) is 1.78. The number of ether oxygens (including phenoxy) is 1. The van der Waals surface area contributed by atoms with E-state index in [0.29, 0.717) is 17.2 Å². The molecular formula is C16H16ClN3O4. The van der Waals surface area contributed by atoms with Crippen molar-refractivity contribution in [3.63, 3.8) is 0 Å². The number of hydrogen-bond acceptors (Lipinski definition) is 4. The fourth-order valence-corrected chi connectivity index (χ4v) is 2.85. The Balaban J connectivity index is 1.82. The third-order valence-electron chi connectivity index (χ3n) is 4.00. The van der Waals surface area contributed by atoms with Gasteiger partial charge in [-0.3, -0.25) is 14.2 Å². The molecule has 1 aromatic carbocycles. The number of aromatic nitrogens is 2. The average Bonchev–Trinajstić information content (AvgIpc) is 2.57. The Morgan fingerprint density at radius 1 is 1.33 bits per heavy atom. The van der Waals surface area contributed by atoms with Gasteiger partial charge in [0.05, 0.1) is 5.92 Å². The Morgan fingerprint density at radius 3 is 2.83 bits per heavy atom. The highest BCUT2D eigenvalue weighted by Crippen LogP contribution is 2.30. The first-order valence-corrected chi connectivity index (χ1v) is 7.73. The van der Waals surface area contributed by atoms with Gasteiger partial charge in [0, 0.05) is 25.3 Å². The SMILES string of the molecule is Cn1cc(NC(=O)[C@H]2COc3ccc(Cl)cc3C2)c(=O)n(C)c1=O. The molecule has 0 spiro atoms. The van der Waals surface area contributed by atoms with Crippen LogP contribution in [0, 0.1) is 5.92 Å². The Morgan fingerprint density at radius 2 is 2.08 bits per heavy atom. The van der Waals surface area contributed by atoms with Gasteiger partial charge < -0.3 is 14.6 Å². The minimum Gasteiger partial charge on any atom is -0.492 e. The lowest BCUT2D eigenvalue weighted by Gasteiger charge is -2.24. The van der Waals surface area contributed by atoms with E-state index < -0.39 is 17.2 Å². The number of benzene rings is 1. The Kier molecular flexibility index (Phi) is 4.19. The molecule has 1 aliphatic rings. The first kappa shape index (κ1) is 16.3. The van der Waals surface area contributed by atoms with Crippen molar-refractivity contribution in [3.8, 4) is 5.75 Å². The topological polar surface area (TPSA) is 82.3 Å². The van der Waals surface area contributed by atoms with Crippen molar-refractivity contribution in [3.05, 3.63) is 55.8 Å². The van der Waals surface area contributed by atoms with E-state index in [-0.39, 0.29) is 18.2 Å². The van der Waals surface area contributed by atoms with E-state index in [1.54, 1.807) is 18.2 Å². The van der Waals surface area contributed by atoms with Gasteiger partial charge in [0.2, 0.25) is 5.91 Å². The van der Waals surface area contributed by atoms with Gasteiger partial charge in [-0.05, 0) is 30.2 Å². The summed E-state index contributed by atoms with van der Waals surface area (Å²) in [4.78, 5) is 36.2. The molecule has 0 fully saturated rings. The number of rotatable bonds is 2. The van der Waals surface area contributed by atoms with Crippen molar-refractivity contribution in [2.24, 2.45) is 20.0 Å². The Labute approximate surface area is 142 Å². The molecule has 1 aromatic heterocycles. The van der Waals surface area contributed by atoms with Crippen LogP contribution in [0.3, 0.4) is 0 Å². The van der Waals surface area contributed by atoms with Crippen LogP contribution in [0.15, 0.2) is 34.0 Å². The second-order valence-corrected chi connectivity index (χ2v) is 6.19. The van der Waals surface area contributed by atoms with E-state index in [0.717, 1.165) is 10.1 Å². The standard InChI is InChI=1S/C16H16ClN3O4/c1-19-7-12(15(22)20(2)16(19)23)18-14(21)10-5-9-6-11(17)3-4-13(9)24-8-10/h3-4,6-7,10H,5,8H2,1-2H3,(H,18,21)/t10-/m1/s1. The first-order chi connectivity index (χ1) is 11.4. The third-order valence-corrected chi connectivity index (χ3v) is 4.24. The summed E-state index contributed by atoms with van der Waals surface area (Å²) in [6.45, 7) is 0.215. The molecule has 2 aromatic rings. The zero-order valence-corrected chi connectivity index (χ0v) is 14.0. The van der Waals surface area contributed by atoms with E-state index in [1.165, 1.54) is 24.9 Å². The summed E-state index contributed by atoms with van der Waals surface area (Å²) in [6, 6.07) is 5.27. The van der Waals surface area contributed by atoms with Crippen molar-refractivity contribution < 1.29 is 9.53 Å². The fourth-order valence-electron chi connectivity index (χ4n) is 2.66. The minimum absolute atomic E-state index is 0.0569. The van der Waals surface area contributed by atoms with E-state index in [2.05, 4.69) is 5.32 Å². The minimum atomic E-state index is -0.549. The number of halogens is 1. The van der Waals surface area contributed by atoms with Crippen LogP contribution in [0.4, 0.5) is 5.69 Å². The van der Waals surface area contributed by atoms with Crippen molar-refractivity contribution >= 4 is 23.2 Å². The van der Waals surface area contributed by atoms with Gasteiger partial charge in [-0.25, -0.2) is 4.79 Å². The summed E-state index contributed by atoms with van der Waals surface area (Å²) >= 11 is 5.97. The number of aryl methyl sites for hydroxylation is 1. The number of amides is 1. The summed E-state index contributed by atoms with van der Waals surface area (Å²) < 4.78 is 7.77. The van der Waals surface area contributed by atoms with Crippen molar-refractivity contribution in [2.75, 3.05) is 11.9 Å². The van der Waals surface area contributed by atoms with Gasteiger partial charge in [0.25, 0.3) is 5.56 Å². The van der Waals surface area contributed by atoms with Crippen LogP contribution in [0.2, 0.25) is 5.02 Å². The zero-order chi connectivity index (χ0) is 17.4. The van der Waals surface area contributed by atoms with Crippen molar-refractivity contribution in [1.82, 2.24) is 9.13 Å². The van der Waals surface area contributed by atoms with Gasteiger partial charge in [-0.15, -0.1) is 0 Å². The predicted molar refractivity (Wildman–Crippen MR) is 89.7 cm³/mol. The molecule has 0 saturated carbocycles. The molecule has 0 radical (unpaired) electrons. The quantitative estimate of drug-likeness (QED) is 0.874. The van der Waals surface area contributed by atoms with Crippen molar-refractivity contribution in [2.45, 2.75) is 6.42 Å². The van der Waals surface area contributed by atoms with Crippen molar-refractivity contribution in [1.29, 1.82) is 0 Å². The smallest absolute Gasteiger partial charge is 0.330 e. The molecule has 0 bridgehead atoms. The number of hydrogen-bond donors (Lipinski definition) is 1. The molecule has 7 nitrogen and oxygen atoms in total. The lowest BCUT2D eigenvalue weighted by molar-refractivity contribution is -0.121. The van der Waals surface area contributed by atoms with E-state index in [4.69, 9.17) is 16.3 Å². The van der Waals surface area contributed by atoms with Crippen LogP contribution < -0.4 is 21.3 Å². The second kappa shape index (κ2) is 6.16. The number of carbonyl (C=O) groups is 1. The number of carbonyl (C=O) groups excluding carboxylic acids is 1. The highest BCUT2D eigenvalue weighted by Gasteiger charge is 2.27. The molecular weight excluding hydrogens is 334 g/mol. The molecule has 0 aliphatic carbocycles. The predicted octanol–water partition coefficient (Wildman–Crippen LogP) is 0.927. The number of anilines is 1. The maximum Gasteiger partial charge on any atom is 0.330 e. The van der Waals surface area contributed by atoms with Crippen LogP contribution in [-0.4, -0.2) is 21.6 Å². The maximum absolute atomic E-state index is 12.5. The monoisotopic (exact) mass is 349 g/mol. The summed E-state index contributed by atoms with van der Waals surface area (Å²) in [5.41, 5.74) is -0.0991. The van der Waals surface area contributed by atoms with Gasteiger partial charge in [0.1, 0.15) is 18.0 Å². The third kappa shape index (κ3) is 2.94. The molecule has 0 unspecified atom stereocenters. The number of nitrogens with one attached hydrogen (secondary N) is 1. The molecule has 0 saturated heterocycles. The highest BCUT2D eigenvalue weighted by atomic mass is 35.5. The molecule has 1 aliphatic heterocycles. The van der Waals surface area contributed by atoms with Crippen LogP contribution >= 0.6 is 11.6 Å². The Hall–Kier alpha value is -2.54. The van der Waals surface area contributed by atoms with Gasteiger partial charge in [0.15, 0.2) is 0 Å². The van der Waals surface area contributed by atoms with Crippen LogP contribution in [-0.2, 0) is 25.3 Å². The molecule has 2 heterocycles. The largest absolute Gasteiger partial charge is 0.492 e. The van der Waals surface area contributed by atoms with E-state index in [1.807, 2.05) is 0 Å². The fraction of sp³-hybridized carbons (Fsp3) is 0.312. The van der Waals surface area contributed by atoms with Crippen LogP contribution in [0.5, 0.6) is 5.75 Å². The normalized spacial score (nSPS) is 16.2. The average molecular weight is 350 g/mol. The van der Waals surface area contributed by atoms with E-state index in [9.17, 15) is 14.4 Å². The summed E-state index contributed by atoms with van der Waals surface area (Å²) in [5.74, 6) is -0.0734. The van der Waals surface area contributed by atoms with Crippen LogP contribution in [0.25, 0.3) is 0 Å². The summed E-state index contributed by atoms with van der Waals surface area (Å²) in [5, 5.41) is 3.16. The van der Waals surface area contributed by atoms with Crippen LogP contribution in [0.1, 0.15) is 5.56 Å².